The summed E-state index contributed by atoms with van der Waals surface area (Å²) >= 11 is 1.35. The van der Waals surface area contributed by atoms with E-state index in [9.17, 15) is 14.4 Å². The van der Waals surface area contributed by atoms with Crippen LogP contribution in [0.3, 0.4) is 0 Å². The Morgan fingerprint density at radius 3 is 2.67 bits per heavy atom. The van der Waals surface area contributed by atoms with E-state index in [1.807, 2.05) is 62.4 Å². The second-order valence-electron chi connectivity index (χ2n) is 8.12. The van der Waals surface area contributed by atoms with E-state index in [0.717, 1.165) is 22.5 Å². The molecule has 2 aromatic carbocycles. The van der Waals surface area contributed by atoms with E-state index in [1.54, 1.807) is 10.3 Å². The molecule has 0 spiro atoms. The van der Waals surface area contributed by atoms with E-state index in [4.69, 9.17) is 4.74 Å². The number of nitrogens with zero attached hydrogens (tertiary/aromatic N) is 2. The van der Waals surface area contributed by atoms with Crippen LogP contribution in [0.4, 0.5) is 11.4 Å². The summed E-state index contributed by atoms with van der Waals surface area (Å²) < 4.78 is 5.42. The van der Waals surface area contributed by atoms with Crippen molar-refractivity contribution >= 4 is 40.5 Å². The van der Waals surface area contributed by atoms with Crippen LogP contribution in [-0.2, 0) is 32.1 Å². The minimum absolute atomic E-state index is 0.0178. The zero-order valence-electron chi connectivity index (χ0n) is 18.5. The van der Waals surface area contributed by atoms with Gasteiger partial charge in [0.05, 0.1) is 18.0 Å². The first-order valence-electron chi connectivity index (χ1n) is 10.7. The van der Waals surface area contributed by atoms with E-state index in [0.29, 0.717) is 17.2 Å². The molecule has 1 saturated heterocycles. The van der Waals surface area contributed by atoms with E-state index < -0.39 is 11.9 Å². The lowest BCUT2D eigenvalue weighted by Crippen LogP contribution is -2.26. The first-order chi connectivity index (χ1) is 15.9. The first kappa shape index (κ1) is 22.7. The summed E-state index contributed by atoms with van der Waals surface area (Å²) in [6.07, 6.45) is 0.281. The quantitative estimate of drug-likeness (QED) is 0.535. The van der Waals surface area contributed by atoms with E-state index in [-0.39, 0.29) is 31.3 Å². The average molecular weight is 464 g/mol. The number of hydrogen-bond acceptors (Lipinski definition) is 6. The van der Waals surface area contributed by atoms with Crippen LogP contribution in [0.25, 0.3) is 0 Å². The van der Waals surface area contributed by atoms with E-state index >= 15 is 0 Å². The van der Waals surface area contributed by atoms with Gasteiger partial charge < -0.3 is 15.0 Å². The number of nitrogens with one attached hydrogen (secondary N) is 1. The summed E-state index contributed by atoms with van der Waals surface area (Å²) in [5, 5.41) is 5.31. The Morgan fingerprint density at radius 1 is 1.15 bits per heavy atom. The SMILES string of the molecule is Cc1ccc(N2C[C@@H](C(=O)OCc3csc(CC(=O)Nc4ccccc4C)n3)CC2=O)cc1. The number of carbonyl (C=O) groups is 3. The van der Waals surface area contributed by atoms with Crippen molar-refractivity contribution in [2.24, 2.45) is 5.92 Å². The van der Waals surface area contributed by atoms with Gasteiger partial charge in [-0.2, -0.15) is 0 Å². The highest BCUT2D eigenvalue weighted by atomic mass is 32.1. The second-order valence-corrected chi connectivity index (χ2v) is 9.06. The Morgan fingerprint density at radius 2 is 1.91 bits per heavy atom. The summed E-state index contributed by atoms with van der Waals surface area (Å²) in [5.41, 5.74) is 4.25. The van der Waals surface area contributed by atoms with Crippen molar-refractivity contribution in [2.45, 2.75) is 33.3 Å². The Balaban J connectivity index is 1.27. The van der Waals surface area contributed by atoms with Crippen LogP contribution in [0.5, 0.6) is 0 Å². The maximum atomic E-state index is 12.5. The minimum Gasteiger partial charge on any atom is -0.459 e. The normalized spacial score (nSPS) is 15.5. The average Bonchev–Trinajstić information content (AvgIpc) is 3.40. The molecule has 0 bridgehead atoms. The van der Waals surface area contributed by atoms with Gasteiger partial charge in [-0.05, 0) is 37.6 Å². The third-order valence-electron chi connectivity index (χ3n) is 5.50. The lowest BCUT2D eigenvalue weighted by atomic mass is 10.1. The lowest BCUT2D eigenvalue weighted by Gasteiger charge is -2.16. The van der Waals surface area contributed by atoms with Gasteiger partial charge in [0.25, 0.3) is 0 Å². The third-order valence-corrected chi connectivity index (χ3v) is 6.39. The second kappa shape index (κ2) is 9.95. The first-order valence-corrected chi connectivity index (χ1v) is 11.6. The highest BCUT2D eigenvalue weighted by Crippen LogP contribution is 2.26. The summed E-state index contributed by atoms with van der Waals surface area (Å²) in [7, 11) is 0. The summed E-state index contributed by atoms with van der Waals surface area (Å²) in [5.74, 6) is -1.15. The van der Waals surface area contributed by atoms with Crippen molar-refractivity contribution in [3.63, 3.8) is 0 Å². The highest BCUT2D eigenvalue weighted by molar-refractivity contribution is 7.09. The number of hydrogen-bond donors (Lipinski definition) is 1. The molecule has 33 heavy (non-hydrogen) atoms. The number of thiazole rings is 1. The molecule has 2 amide bonds. The van der Waals surface area contributed by atoms with Crippen LogP contribution in [0.15, 0.2) is 53.9 Å². The number of esters is 1. The molecule has 1 aliphatic rings. The van der Waals surface area contributed by atoms with Crippen molar-refractivity contribution < 1.29 is 19.1 Å². The fourth-order valence-corrected chi connectivity index (χ4v) is 4.42. The number of aryl methyl sites for hydroxylation is 2. The van der Waals surface area contributed by atoms with Crippen LogP contribution in [0, 0.1) is 19.8 Å². The molecule has 0 unspecified atom stereocenters. The molecule has 2 heterocycles. The molecule has 1 atom stereocenters. The van der Waals surface area contributed by atoms with Crippen molar-refractivity contribution in [3.05, 3.63) is 75.7 Å². The number of aromatic nitrogens is 1. The van der Waals surface area contributed by atoms with Gasteiger partial charge in [0, 0.05) is 29.7 Å². The van der Waals surface area contributed by atoms with E-state index in [2.05, 4.69) is 10.3 Å². The van der Waals surface area contributed by atoms with Gasteiger partial charge >= 0.3 is 5.97 Å². The summed E-state index contributed by atoms with van der Waals surface area (Å²) in [6, 6.07) is 15.2. The monoisotopic (exact) mass is 463 g/mol. The molecular formula is C25H25N3O4S. The largest absolute Gasteiger partial charge is 0.459 e. The summed E-state index contributed by atoms with van der Waals surface area (Å²) in [6.45, 7) is 4.24. The predicted octanol–water partition coefficient (Wildman–Crippen LogP) is 4.04. The zero-order chi connectivity index (χ0) is 23.4. The van der Waals surface area contributed by atoms with Gasteiger partial charge in [0.2, 0.25) is 11.8 Å². The molecular weight excluding hydrogens is 438 g/mol. The van der Waals surface area contributed by atoms with Crippen LogP contribution in [0.2, 0.25) is 0 Å². The number of rotatable bonds is 7. The van der Waals surface area contributed by atoms with Crippen molar-refractivity contribution in [2.75, 3.05) is 16.8 Å². The van der Waals surface area contributed by atoms with Crippen molar-refractivity contribution in [3.8, 4) is 0 Å². The molecule has 1 aliphatic heterocycles. The minimum atomic E-state index is -0.503. The van der Waals surface area contributed by atoms with E-state index in [1.165, 1.54) is 11.3 Å². The number of ether oxygens (including phenoxy) is 1. The maximum absolute atomic E-state index is 12.5. The Hall–Kier alpha value is -3.52. The smallest absolute Gasteiger partial charge is 0.311 e. The molecule has 0 radical (unpaired) electrons. The van der Waals surface area contributed by atoms with Crippen molar-refractivity contribution in [1.82, 2.24) is 4.98 Å². The Bertz CT molecular complexity index is 1170. The standard InChI is InChI=1S/C25H25N3O4S/c1-16-7-9-20(10-8-16)28-13-18(11-24(28)30)25(31)32-14-19-15-33-23(26-19)12-22(29)27-21-6-4-3-5-17(21)2/h3-10,15,18H,11-14H2,1-2H3,(H,27,29)/t18-/m0/s1. The van der Waals surface area contributed by atoms with Gasteiger partial charge in [-0.1, -0.05) is 35.9 Å². The van der Waals surface area contributed by atoms with Gasteiger partial charge in [-0.3, -0.25) is 14.4 Å². The van der Waals surface area contributed by atoms with Gasteiger partial charge in [0.15, 0.2) is 0 Å². The third kappa shape index (κ3) is 5.64. The number of carbonyl (C=O) groups excluding carboxylic acids is 3. The molecule has 3 aromatic rings. The van der Waals surface area contributed by atoms with Crippen LogP contribution in [-0.4, -0.2) is 29.3 Å². The predicted molar refractivity (Wildman–Crippen MR) is 127 cm³/mol. The molecule has 7 nitrogen and oxygen atoms in total. The van der Waals surface area contributed by atoms with Gasteiger partial charge in [-0.15, -0.1) is 11.3 Å². The number of anilines is 2. The Labute approximate surface area is 196 Å². The number of benzene rings is 2. The van der Waals surface area contributed by atoms with Crippen LogP contribution >= 0.6 is 11.3 Å². The Kier molecular flexibility index (Phi) is 6.84. The number of amides is 2. The van der Waals surface area contributed by atoms with Crippen LogP contribution < -0.4 is 10.2 Å². The molecule has 0 aliphatic carbocycles. The molecule has 1 N–H and O–H groups in total. The molecule has 1 aromatic heterocycles. The molecule has 0 saturated carbocycles. The maximum Gasteiger partial charge on any atom is 0.311 e. The zero-order valence-corrected chi connectivity index (χ0v) is 19.4. The van der Waals surface area contributed by atoms with Gasteiger partial charge in [0.1, 0.15) is 11.6 Å². The fourth-order valence-electron chi connectivity index (χ4n) is 3.64. The molecule has 170 valence electrons. The van der Waals surface area contributed by atoms with Crippen molar-refractivity contribution in [1.29, 1.82) is 0 Å². The number of para-hydroxylation sites is 1. The van der Waals surface area contributed by atoms with Gasteiger partial charge in [-0.25, -0.2) is 4.98 Å². The lowest BCUT2D eigenvalue weighted by molar-refractivity contribution is -0.149. The molecule has 1 fully saturated rings. The fraction of sp³-hybridized carbons (Fsp3) is 0.280. The highest BCUT2D eigenvalue weighted by Gasteiger charge is 2.36. The molecule has 4 rings (SSSR count). The molecule has 8 heteroatoms. The summed E-state index contributed by atoms with van der Waals surface area (Å²) in [4.78, 5) is 43.2. The topological polar surface area (TPSA) is 88.6 Å². The van der Waals surface area contributed by atoms with Crippen LogP contribution in [0.1, 0.15) is 28.2 Å².